The van der Waals surface area contributed by atoms with Crippen molar-refractivity contribution >= 4 is 16.7 Å². The maximum absolute atomic E-state index is 10.8. The molecule has 0 heterocycles. The summed E-state index contributed by atoms with van der Waals surface area (Å²) in [5, 5.41) is 4.82. The van der Waals surface area contributed by atoms with Gasteiger partial charge in [0.1, 0.15) is 5.75 Å². The molecular formula is C16H15NO2. The van der Waals surface area contributed by atoms with Gasteiger partial charge in [-0.3, -0.25) is 4.79 Å². The van der Waals surface area contributed by atoms with Gasteiger partial charge >= 0.3 is 0 Å². The Hall–Kier alpha value is -2.47. The summed E-state index contributed by atoms with van der Waals surface area (Å²) in [5.74, 6) is 6.67. The van der Waals surface area contributed by atoms with Gasteiger partial charge in [-0.2, -0.15) is 0 Å². The third-order valence-electron chi connectivity index (χ3n) is 2.75. The highest BCUT2D eigenvalue weighted by Crippen LogP contribution is 2.26. The number of rotatable bonds is 2. The molecule has 0 saturated carbocycles. The molecule has 2 aromatic rings. The van der Waals surface area contributed by atoms with E-state index in [1.54, 1.807) is 7.11 Å². The largest absolute Gasteiger partial charge is 0.495 e. The fourth-order valence-corrected chi connectivity index (χ4v) is 1.85. The summed E-state index contributed by atoms with van der Waals surface area (Å²) in [6.07, 6.45) is 0. The minimum atomic E-state index is -0.0841. The minimum absolute atomic E-state index is 0.0841. The van der Waals surface area contributed by atoms with Crippen LogP contribution >= 0.6 is 0 Å². The summed E-state index contributed by atoms with van der Waals surface area (Å²) in [6, 6.07) is 11.9. The number of benzene rings is 2. The molecule has 0 spiro atoms. The van der Waals surface area contributed by atoms with E-state index >= 15 is 0 Å². The molecule has 2 rings (SSSR count). The van der Waals surface area contributed by atoms with Crippen LogP contribution in [-0.2, 0) is 4.79 Å². The highest BCUT2D eigenvalue weighted by molar-refractivity contribution is 5.90. The first kappa shape index (κ1) is 13.0. The van der Waals surface area contributed by atoms with Crippen LogP contribution in [0.4, 0.5) is 0 Å². The molecule has 0 radical (unpaired) electrons. The molecule has 0 atom stereocenters. The van der Waals surface area contributed by atoms with E-state index < -0.39 is 0 Å². The van der Waals surface area contributed by atoms with E-state index in [9.17, 15) is 4.79 Å². The molecule has 0 aliphatic rings. The second-order valence-corrected chi connectivity index (χ2v) is 4.08. The second kappa shape index (κ2) is 5.92. The van der Waals surface area contributed by atoms with Gasteiger partial charge in [-0.05, 0) is 11.5 Å². The molecule has 0 aliphatic heterocycles. The Morgan fingerprint density at radius 1 is 1.26 bits per heavy atom. The summed E-state index contributed by atoms with van der Waals surface area (Å²) in [7, 11) is 1.63. The normalized spacial score (nSPS) is 9.58. The first-order chi connectivity index (χ1) is 9.22. The van der Waals surface area contributed by atoms with Crippen molar-refractivity contribution in [3.63, 3.8) is 0 Å². The fourth-order valence-electron chi connectivity index (χ4n) is 1.85. The molecule has 3 nitrogen and oxygen atoms in total. The quantitative estimate of drug-likeness (QED) is 0.834. The van der Waals surface area contributed by atoms with Gasteiger partial charge in [-0.1, -0.05) is 42.2 Å². The lowest BCUT2D eigenvalue weighted by atomic mass is 10.0. The first-order valence-corrected chi connectivity index (χ1v) is 6.01. The van der Waals surface area contributed by atoms with Crippen LogP contribution in [0.3, 0.4) is 0 Å². The molecule has 19 heavy (non-hydrogen) atoms. The van der Waals surface area contributed by atoms with Crippen molar-refractivity contribution in [1.82, 2.24) is 5.32 Å². The zero-order chi connectivity index (χ0) is 13.7. The molecule has 0 unspecified atom stereocenters. The van der Waals surface area contributed by atoms with Crippen molar-refractivity contribution in [1.29, 1.82) is 0 Å². The molecule has 0 bridgehead atoms. The number of hydrogen-bond donors (Lipinski definition) is 1. The molecule has 1 N–H and O–H groups in total. The smallest absolute Gasteiger partial charge is 0.217 e. The molecule has 3 heteroatoms. The predicted octanol–water partition coefficient (Wildman–Crippen LogP) is 2.34. The Bertz CT molecular complexity index is 665. The van der Waals surface area contributed by atoms with Crippen LogP contribution in [0.15, 0.2) is 36.4 Å². The van der Waals surface area contributed by atoms with E-state index in [2.05, 4.69) is 17.2 Å². The van der Waals surface area contributed by atoms with E-state index in [1.807, 2.05) is 36.4 Å². The van der Waals surface area contributed by atoms with Crippen LogP contribution in [0.25, 0.3) is 10.8 Å². The van der Waals surface area contributed by atoms with Crippen molar-refractivity contribution in [3.8, 4) is 17.6 Å². The van der Waals surface area contributed by atoms with Gasteiger partial charge in [-0.25, -0.2) is 0 Å². The zero-order valence-electron chi connectivity index (χ0n) is 11.0. The first-order valence-electron chi connectivity index (χ1n) is 6.01. The zero-order valence-corrected chi connectivity index (χ0v) is 11.0. The van der Waals surface area contributed by atoms with Gasteiger partial charge in [0.25, 0.3) is 0 Å². The van der Waals surface area contributed by atoms with Gasteiger partial charge in [0.05, 0.1) is 19.2 Å². The standard InChI is InChI=1S/C16H15NO2/c1-12(18)17-11-5-8-15-14-7-4-3-6-13(14)9-10-16(15)19-2/h3-4,6-7,9-10H,11H2,1-2H3,(H,17,18). The Morgan fingerprint density at radius 2 is 2.05 bits per heavy atom. The summed E-state index contributed by atoms with van der Waals surface area (Å²) < 4.78 is 5.34. The van der Waals surface area contributed by atoms with E-state index in [-0.39, 0.29) is 5.91 Å². The molecular weight excluding hydrogens is 238 g/mol. The summed E-state index contributed by atoms with van der Waals surface area (Å²) in [6.45, 7) is 1.81. The Labute approximate surface area is 112 Å². The maximum atomic E-state index is 10.8. The number of carbonyl (C=O) groups excluding carboxylic acids is 1. The highest BCUT2D eigenvalue weighted by atomic mass is 16.5. The van der Waals surface area contributed by atoms with Crippen molar-refractivity contribution in [2.24, 2.45) is 0 Å². The maximum Gasteiger partial charge on any atom is 0.217 e. The lowest BCUT2D eigenvalue weighted by Crippen LogP contribution is -2.19. The second-order valence-electron chi connectivity index (χ2n) is 4.08. The van der Waals surface area contributed by atoms with E-state index in [0.717, 1.165) is 22.1 Å². The molecule has 0 fully saturated rings. The van der Waals surface area contributed by atoms with Crippen LogP contribution in [0.2, 0.25) is 0 Å². The summed E-state index contributed by atoms with van der Waals surface area (Å²) >= 11 is 0. The number of nitrogens with one attached hydrogen (secondary N) is 1. The van der Waals surface area contributed by atoms with E-state index in [4.69, 9.17) is 4.74 Å². The van der Waals surface area contributed by atoms with Crippen LogP contribution < -0.4 is 10.1 Å². The third kappa shape index (κ3) is 3.05. The van der Waals surface area contributed by atoms with Gasteiger partial charge < -0.3 is 10.1 Å². The third-order valence-corrected chi connectivity index (χ3v) is 2.75. The van der Waals surface area contributed by atoms with Crippen LogP contribution in [0.1, 0.15) is 12.5 Å². The Kier molecular flexibility index (Phi) is 4.04. The van der Waals surface area contributed by atoms with Crippen LogP contribution in [0, 0.1) is 11.8 Å². The SMILES string of the molecule is COc1ccc2ccccc2c1C#CCNC(C)=O. The Balaban J connectivity index is 2.41. The van der Waals surface area contributed by atoms with E-state index in [0.29, 0.717) is 6.54 Å². The van der Waals surface area contributed by atoms with Gasteiger partial charge in [0.15, 0.2) is 0 Å². The minimum Gasteiger partial charge on any atom is -0.495 e. The topological polar surface area (TPSA) is 38.3 Å². The Morgan fingerprint density at radius 3 is 2.79 bits per heavy atom. The predicted molar refractivity (Wildman–Crippen MR) is 76.1 cm³/mol. The van der Waals surface area contributed by atoms with Gasteiger partial charge in [0, 0.05) is 12.3 Å². The fraction of sp³-hybridized carbons (Fsp3) is 0.188. The average molecular weight is 253 g/mol. The van der Waals surface area contributed by atoms with Crippen LogP contribution in [-0.4, -0.2) is 19.6 Å². The molecule has 96 valence electrons. The number of hydrogen-bond acceptors (Lipinski definition) is 2. The van der Waals surface area contributed by atoms with Crippen molar-refractivity contribution < 1.29 is 9.53 Å². The molecule has 0 saturated heterocycles. The number of fused-ring (bicyclic) bond motifs is 1. The lowest BCUT2D eigenvalue weighted by molar-refractivity contribution is -0.118. The number of ether oxygens (including phenoxy) is 1. The number of amides is 1. The number of carbonyl (C=O) groups is 1. The van der Waals surface area contributed by atoms with Crippen molar-refractivity contribution in [2.45, 2.75) is 6.92 Å². The van der Waals surface area contributed by atoms with Crippen molar-refractivity contribution in [2.75, 3.05) is 13.7 Å². The van der Waals surface area contributed by atoms with Crippen molar-refractivity contribution in [3.05, 3.63) is 42.0 Å². The molecule has 0 aromatic heterocycles. The number of methoxy groups -OCH3 is 1. The summed E-state index contributed by atoms with van der Waals surface area (Å²) in [5.41, 5.74) is 0.853. The van der Waals surface area contributed by atoms with Gasteiger partial charge in [0.2, 0.25) is 5.91 Å². The lowest BCUT2D eigenvalue weighted by Gasteiger charge is -2.06. The molecule has 1 amide bonds. The molecule has 0 aliphatic carbocycles. The average Bonchev–Trinajstić information content (AvgIpc) is 2.43. The van der Waals surface area contributed by atoms with Crippen LogP contribution in [0.5, 0.6) is 5.75 Å². The van der Waals surface area contributed by atoms with Gasteiger partial charge in [-0.15, -0.1) is 0 Å². The molecule has 2 aromatic carbocycles. The summed E-state index contributed by atoms with van der Waals surface area (Å²) in [4.78, 5) is 10.8. The highest BCUT2D eigenvalue weighted by Gasteiger charge is 2.04. The van der Waals surface area contributed by atoms with E-state index in [1.165, 1.54) is 6.92 Å². The monoisotopic (exact) mass is 253 g/mol.